The average molecular weight is 313 g/mol. The second kappa shape index (κ2) is 8.20. The number of unbranched alkanes of at least 4 members (excludes halogenated alkanes) is 2. The van der Waals surface area contributed by atoms with E-state index in [9.17, 15) is 0 Å². The summed E-state index contributed by atoms with van der Waals surface area (Å²) >= 11 is 0. The summed E-state index contributed by atoms with van der Waals surface area (Å²) in [6.45, 7) is 5.74. The molecule has 1 unspecified atom stereocenters. The predicted molar refractivity (Wildman–Crippen MR) is 92.0 cm³/mol. The Bertz CT molecular complexity index is 580. The van der Waals surface area contributed by atoms with Gasteiger partial charge in [0.1, 0.15) is 0 Å². The Morgan fingerprint density at radius 2 is 1.87 bits per heavy atom. The first-order valence-corrected chi connectivity index (χ1v) is 8.90. The van der Waals surface area contributed by atoms with Crippen molar-refractivity contribution in [2.75, 3.05) is 13.1 Å². The zero-order valence-electron chi connectivity index (χ0n) is 14.1. The van der Waals surface area contributed by atoms with Gasteiger partial charge in [-0.25, -0.2) is 0 Å². The lowest BCUT2D eigenvalue weighted by atomic mass is 10.0. The highest BCUT2D eigenvalue weighted by atomic mass is 15.6. The van der Waals surface area contributed by atoms with Crippen LogP contribution in [-0.2, 0) is 6.54 Å². The summed E-state index contributed by atoms with van der Waals surface area (Å²) in [4.78, 5) is 4.37. The van der Waals surface area contributed by atoms with E-state index in [-0.39, 0.29) is 0 Å². The van der Waals surface area contributed by atoms with Crippen molar-refractivity contribution < 1.29 is 0 Å². The molecular weight excluding hydrogens is 286 g/mol. The van der Waals surface area contributed by atoms with Gasteiger partial charge in [-0.05, 0) is 50.9 Å². The smallest absolute Gasteiger partial charge is 0.204 e. The molecule has 2 heterocycles. The fourth-order valence-electron chi connectivity index (χ4n) is 3.28. The first-order chi connectivity index (χ1) is 11.3. The minimum Gasteiger partial charge on any atom is -0.301 e. The van der Waals surface area contributed by atoms with E-state index in [1.807, 2.05) is 30.3 Å². The van der Waals surface area contributed by atoms with Crippen molar-refractivity contribution in [2.24, 2.45) is 0 Å². The molecule has 1 fully saturated rings. The number of likely N-dealkylation sites (tertiary alicyclic amines) is 1. The highest BCUT2D eigenvalue weighted by Crippen LogP contribution is 2.17. The van der Waals surface area contributed by atoms with Crippen LogP contribution in [0.15, 0.2) is 30.3 Å². The summed E-state index contributed by atoms with van der Waals surface area (Å²) in [7, 11) is 0. The Labute approximate surface area is 138 Å². The molecule has 0 aliphatic carbocycles. The van der Waals surface area contributed by atoms with E-state index in [1.165, 1.54) is 45.2 Å². The number of piperidine rings is 1. The van der Waals surface area contributed by atoms with Gasteiger partial charge in [-0.15, -0.1) is 10.2 Å². The Kier molecular flexibility index (Phi) is 5.75. The molecule has 1 atom stereocenters. The zero-order chi connectivity index (χ0) is 15.9. The number of nitrogens with zero attached hydrogens (tertiary/aromatic N) is 5. The van der Waals surface area contributed by atoms with Gasteiger partial charge in [0.05, 0.1) is 6.54 Å². The van der Waals surface area contributed by atoms with Crippen molar-refractivity contribution in [1.29, 1.82) is 0 Å². The van der Waals surface area contributed by atoms with E-state index < -0.39 is 0 Å². The van der Waals surface area contributed by atoms with Crippen LogP contribution in [0.1, 0.15) is 45.4 Å². The number of rotatable bonds is 7. The maximum absolute atomic E-state index is 4.46. The predicted octanol–water partition coefficient (Wildman–Crippen LogP) is 3.38. The molecule has 1 saturated heterocycles. The third kappa shape index (κ3) is 4.61. The molecule has 0 amide bonds. The maximum Gasteiger partial charge on any atom is 0.204 e. The van der Waals surface area contributed by atoms with Gasteiger partial charge in [0.15, 0.2) is 0 Å². The Hall–Kier alpha value is -1.75. The molecule has 0 bridgehead atoms. The number of benzene rings is 1. The molecule has 124 valence electrons. The average Bonchev–Trinajstić information content (AvgIpc) is 3.06. The molecule has 0 N–H and O–H groups in total. The lowest BCUT2D eigenvalue weighted by Gasteiger charge is -2.33. The van der Waals surface area contributed by atoms with Crippen LogP contribution in [0, 0.1) is 0 Å². The summed E-state index contributed by atoms with van der Waals surface area (Å²) in [6.07, 6.45) is 7.75. The fourth-order valence-corrected chi connectivity index (χ4v) is 3.28. The van der Waals surface area contributed by atoms with Crippen molar-refractivity contribution in [3.8, 4) is 11.4 Å². The van der Waals surface area contributed by atoms with Gasteiger partial charge >= 0.3 is 0 Å². The SMILES string of the molecule is CC1CCCCN1CCCCCn1nnc(-c2ccccc2)n1. The highest BCUT2D eigenvalue weighted by molar-refractivity contribution is 5.52. The maximum atomic E-state index is 4.46. The number of aromatic nitrogens is 4. The van der Waals surface area contributed by atoms with E-state index in [0.717, 1.165) is 24.6 Å². The largest absolute Gasteiger partial charge is 0.301 e. The second-order valence-corrected chi connectivity index (χ2v) is 6.52. The van der Waals surface area contributed by atoms with Gasteiger partial charge in [-0.1, -0.05) is 43.2 Å². The van der Waals surface area contributed by atoms with Crippen LogP contribution in [0.25, 0.3) is 11.4 Å². The van der Waals surface area contributed by atoms with E-state index in [1.54, 1.807) is 4.80 Å². The number of hydrogen-bond donors (Lipinski definition) is 0. The first-order valence-electron chi connectivity index (χ1n) is 8.90. The number of tetrazole rings is 1. The summed E-state index contributed by atoms with van der Waals surface area (Å²) in [5, 5.41) is 12.8. The van der Waals surface area contributed by atoms with Gasteiger partial charge in [0, 0.05) is 11.6 Å². The lowest BCUT2D eigenvalue weighted by molar-refractivity contribution is 0.157. The van der Waals surface area contributed by atoms with Crippen LogP contribution in [0.3, 0.4) is 0 Å². The molecular formula is C18H27N5. The van der Waals surface area contributed by atoms with Crippen LogP contribution in [-0.4, -0.2) is 44.2 Å². The standard InChI is InChI=1S/C18H27N5/c1-16-10-6-9-14-22(16)13-7-3-8-15-23-20-18(19-21-23)17-11-4-2-5-12-17/h2,4-5,11-12,16H,3,6-10,13-15H2,1H3. The number of hydrogen-bond acceptors (Lipinski definition) is 4. The molecule has 0 radical (unpaired) electrons. The van der Waals surface area contributed by atoms with Crippen LogP contribution in [0.2, 0.25) is 0 Å². The summed E-state index contributed by atoms with van der Waals surface area (Å²) < 4.78 is 0. The molecule has 3 rings (SSSR count). The third-order valence-corrected chi connectivity index (χ3v) is 4.73. The Balaban J connectivity index is 1.37. The van der Waals surface area contributed by atoms with Crippen LogP contribution in [0.5, 0.6) is 0 Å². The Morgan fingerprint density at radius 3 is 2.70 bits per heavy atom. The topological polar surface area (TPSA) is 46.8 Å². The third-order valence-electron chi connectivity index (χ3n) is 4.73. The Morgan fingerprint density at radius 1 is 1.04 bits per heavy atom. The molecule has 0 saturated carbocycles. The van der Waals surface area contributed by atoms with Crippen molar-refractivity contribution in [1.82, 2.24) is 25.1 Å². The highest BCUT2D eigenvalue weighted by Gasteiger charge is 2.16. The zero-order valence-corrected chi connectivity index (χ0v) is 14.1. The molecule has 0 spiro atoms. The van der Waals surface area contributed by atoms with Crippen LogP contribution in [0.4, 0.5) is 0 Å². The molecule has 23 heavy (non-hydrogen) atoms. The molecule has 1 aromatic heterocycles. The normalized spacial score (nSPS) is 19.1. The van der Waals surface area contributed by atoms with E-state index in [2.05, 4.69) is 27.2 Å². The molecule has 5 heteroatoms. The fraction of sp³-hybridized carbons (Fsp3) is 0.611. The van der Waals surface area contributed by atoms with Crippen molar-refractivity contribution in [2.45, 2.75) is 58.0 Å². The first kappa shape index (κ1) is 16.1. The van der Waals surface area contributed by atoms with E-state index in [0.29, 0.717) is 5.82 Å². The quantitative estimate of drug-likeness (QED) is 0.735. The summed E-state index contributed by atoms with van der Waals surface area (Å²) in [6, 6.07) is 10.8. The van der Waals surface area contributed by atoms with Crippen LogP contribution < -0.4 is 0 Å². The van der Waals surface area contributed by atoms with Gasteiger partial charge in [-0.2, -0.15) is 4.80 Å². The molecule has 5 nitrogen and oxygen atoms in total. The second-order valence-electron chi connectivity index (χ2n) is 6.52. The van der Waals surface area contributed by atoms with Crippen LogP contribution >= 0.6 is 0 Å². The van der Waals surface area contributed by atoms with Gasteiger partial charge in [-0.3, -0.25) is 0 Å². The molecule has 1 aliphatic rings. The minimum absolute atomic E-state index is 0.716. The minimum atomic E-state index is 0.716. The van der Waals surface area contributed by atoms with E-state index in [4.69, 9.17) is 0 Å². The van der Waals surface area contributed by atoms with E-state index >= 15 is 0 Å². The van der Waals surface area contributed by atoms with Gasteiger partial charge in [0.25, 0.3) is 0 Å². The van der Waals surface area contributed by atoms with Crippen molar-refractivity contribution in [3.63, 3.8) is 0 Å². The lowest BCUT2D eigenvalue weighted by Crippen LogP contribution is -2.37. The number of aryl methyl sites for hydroxylation is 1. The summed E-state index contributed by atoms with van der Waals surface area (Å²) in [5.41, 5.74) is 1.03. The van der Waals surface area contributed by atoms with Gasteiger partial charge < -0.3 is 4.90 Å². The van der Waals surface area contributed by atoms with Crippen molar-refractivity contribution in [3.05, 3.63) is 30.3 Å². The monoisotopic (exact) mass is 313 g/mol. The molecule has 1 aliphatic heterocycles. The molecule has 2 aromatic rings. The molecule has 1 aromatic carbocycles. The van der Waals surface area contributed by atoms with Gasteiger partial charge in [0.2, 0.25) is 5.82 Å². The van der Waals surface area contributed by atoms with Crippen molar-refractivity contribution >= 4 is 0 Å². The summed E-state index contributed by atoms with van der Waals surface area (Å²) in [5.74, 6) is 0.716.